The minimum absolute atomic E-state index is 0.252. The quantitative estimate of drug-likeness (QED) is 0.297. The molecular formula is C27H24F3N3O4. The maximum Gasteiger partial charge on any atom is 0.416 e. The number of carboxylic acids is 1. The predicted molar refractivity (Wildman–Crippen MR) is 130 cm³/mol. The van der Waals surface area contributed by atoms with Crippen molar-refractivity contribution in [2.24, 2.45) is 0 Å². The number of ether oxygens (including phenoxy) is 2. The second-order valence-corrected chi connectivity index (χ2v) is 8.77. The molecule has 192 valence electrons. The summed E-state index contributed by atoms with van der Waals surface area (Å²) in [5.41, 5.74) is -1.01. The number of carboxylic acid groups (broad SMARTS) is 1. The van der Waals surface area contributed by atoms with Crippen LogP contribution in [0, 0.1) is 0 Å². The van der Waals surface area contributed by atoms with Gasteiger partial charge in [0.2, 0.25) is 0 Å². The molecule has 1 N–H and O–H groups in total. The number of aromatic nitrogens is 3. The van der Waals surface area contributed by atoms with Crippen LogP contribution in [0.5, 0.6) is 11.5 Å². The number of para-hydroxylation sites is 1. The molecule has 1 atom stereocenters. The number of carbonyl (C=O) groups is 1. The van der Waals surface area contributed by atoms with Gasteiger partial charge in [0.1, 0.15) is 11.5 Å². The van der Waals surface area contributed by atoms with Crippen LogP contribution in [0.25, 0.3) is 17.1 Å². The molecule has 1 aromatic heterocycles. The van der Waals surface area contributed by atoms with Gasteiger partial charge in [-0.25, -0.2) is 14.5 Å². The molecule has 4 rings (SSSR count). The van der Waals surface area contributed by atoms with Crippen LogP contribution in [0.1, 0.15) is 38.3 Å². The molecule has 0 amide bonds. The Morgan fingerprint density at radius 1 is 0.919 bits per heavy atom. The van der Waals surface area contributed by atoms with Gasteiger partial charge in [0, 0.05) is 5.56 Å². The summed E-state index contributed by atoms with van der Waals surface area (Å²) < 4.78 is 52.1. The fourth-order valence-electron chi connectivity index (χ4n) is 3.46. The first-order chi connectivity index (χ1) is 17.4. The highest BCUT2D eigenvalue weighted by Crippen LogP contribution is 2.32. The van der Waals surface area contributed by atoms with Crippen molar-refractivity contribution in [3.05, 3.63) is 90.3 Å². The zero-order valence-electron chi connectivity index (χ0n) is 20.2. The zero-order valence-corrected chi connectivity index (χ0v) is 20.2. The van der Waals surface area contributed by atoms with Gasteiger partial charge in [0.05, 0.1) is 11.3 Å². The average molecular weight is 512 g/mol. The van der Waals surface area contributed by atoms with Crippen LogP contribution >= 0.6 is 0 Å². The first-order valence-electron chi connectivity index (χ1n) is 11.3. The lowest BCUT2D eigenvalue weighted by atomic mass is 10.1. The summed E-state index contributed by atoms with van der Waals surface area (Å²) in [5.74, 6) is 0.442. The van der Waals surface area contributed by atoms with E-state index in [-0.39, 0.29) is 5.82 Å². The predicted octanol–water partition coefficient (Wildman–Crippen LogP) is 6.34. The van der Waals surface area contributed by atoms with Gasteiger partial charge in [-0.15, -0.1) is 5.10 Å². The second kappa shape index (κ2) is 9.96. The van der Waals surface area contributed by atoms with Crippen molar-refractivity contribution in [3.8, 4) is 28.6 Å². The molecule has 0 radical (unpaired) electrons. The lowest BCUT2D eigenvalue weighted by Crippen LogP contribution is -2.37. The third kappa shape index (κ3) is 5.91. The molecule has 0 spiro atoms. The van der Waals surface area contributed by atoms with Crippen molar-refractivity contribution >= 4 is 5.97 Å². The van der Waals surface area contributed by atoms with Crippen LogP contribution in [0.15, 0.2) is 78.9 Å². The van der Waals surface area contributed by atoms with E-state index in [1.54, 1.807) is 35.9 Å². The third-order valence-electron chi connectivity index (χ3n) is 5.49. The van der Waals surface area contributed by atoms with Crippen molar-refractivity contribution in [1.82, 2.24) is 14.8 Å². The van der Waals surface area contributed by atoms with Gasteiger partial charge in [0.25, 0.3) is 0 Å². The molecular weight excluding hydrogens is 487 g/mol. The number of halogens is 3. The highest BCUT2D eigenvalue weighted by Gasteiger charge is 2.31. The molecule has 0 aliphatic heterocycles. The smallest absolute Gasteiger partial charge is 0.416 e. The van der Waals surface area contributed by atoms with Crippen LogP contribution in [-0.2, 0) is 11.0 Å². The fourth-order valence-corrected chi connectivity index (χ4v) is 3.46. The van der Waals surface area contributed by atoms with E-state index in [1.165, 1.54) is 26.0 Å². The lowest BCUT2D eigenvalue weighted by Gasteiger charge is -2.21. The summed E-state index contributed by atoms with van der Waals surface area (Å²) in [5, 5.41) is 13.8. The molecule has 0 saturated carbocycles. The first-order valence-corrected chi connectivity index (χ1v) is 11.3. The van der Waals surface area contributed by atoms with E-state index < -0.39 is 29.4 Å². The Bertz CT molecular complexity index is 1370. The molecule has 4 aromatic rings. The van der Waals surface area contributed by atoms with E-state index in [4.69, 9.17) is 9.47 Å². The van der Waals surface area contributed by atoms with Gasteiger partial charge in [-0.3, -0.25) is 0 Å². The normalized spacial score (nSPS) is 12.7. The maximum atomic E-state index is 13.0. The van der Waals surface area contributed by atoms with E-state index in [2.05, 4.69) is 10.1 Å². The fraction of sp³-hybridized carbons (Fsp3) is 0.222. The van der Waals surface area contributed by atoms with E-state index in [0.29, 0.717) is 28.6 Å². The zero-order chi connectivity index (χ0) is 26.8. The Morgan fingerprint density at radius 3 is 2.08 bits per heavy atom. The largest absolute Gasteiger partial charge is 0.483 e. The molecule has 7 nitrogen and oxygen atoms in total. The van der Waals surface area contributed by atoms with E-state index in [0.717, 1.165) is 12.1 Å². The number of alkyl halides is 3. The minimum Gasteiger partial charge on any atom is -0.483 e. The van der Waals surface area contributed by atoms with Gasteiger partial charge in [-0.2, -0.15) is 13.2 Å². The van der Waals surface area contributed by atoms with Crippen LogP contribution < -0.4 is 9.47 Å². The number of hydrogen-bond acceptors (Lipinski definition) is 5. The average Bonchev–Trinajstić information content (AvgIpc) is 3.31. The van der Waals surface area contributed by atoms with Gasteiger partial charge in [-0.1, -0.05) is 30.3 Å². The van der Waals surface area contributed by atoms with Crippen LogP contribution in [0.2, 0.25) is 0 Å². The molecule has 0 saturated heterocycles. The maximum absolute atomic E-state index is 13.0. The summed E-state index contributed by atoms with van der Waals surface area (Å²) >= 11 is 0. The topological polar surface area (TPSA) is 86.5 Å². The molecule has 0 fully saturated rings. The van der Waals surface area contributed by atoms with Crippen LogP contribution in [-0.4, -0.2) is 31.4 Å². The van der Waals surface area contributed by atoms with Crippen LogP contribution in [0.4, 0.5) is 13.2 Å². The summed E-state index contributed by atoms with van der Waals surface area (Å²) in [6, 6.07) is 20.3. The number of benzene rings is 3. The molecule has 0 aliphatic carbocycles. The van der Waals surface area contributed by atoms with Crippen molar-refractivity contribution in [2.45, 2.75) is 38.7 Å². The molecule has 37 heavy (non-hydrogen) atoms. The standard InChI is InChI=1S/C27H24F3N3O4/c1-17(36-21-13-15-22(16-14-21)37-26(2,3)25(34)35)24-31-23(32-33(24)20-7-5-4-6-8-20)18-9-11-19(12-10-18)27(28,29)30/h4-17H,1-3H3,(H,34,35). The Kier molecular flexibility index (Phi) is 6.93. The second-order valence-electron chi connectivity index (χ2n) is 8.77. The van der Waals surface area contributed by atoms with Crippen molar-refractivity contribution in [1.29, 1.82) is 0 Å². The summed E-state index contributed by atoms with van der Waals surface area (Å²) in [6.07, 6.45) is -5.04. The lowest BCUT2D eigenvalue weighted by molar-refractivity contribution is -0.152. The molecule has 3 aromatic carbocycles. The highest BCUT2D eigenvalue weighted by molar-refractivity contribution is 5.76. The molecule has 0 aliphatic rings. The van der Waals surface area contributed by atoms with Crippen molar-refractivity contribution in [2.75, 3.05) is 0 Å². The molecule has 1 heterocycles. The van der Waals surface area contributed by atoms with Gasteiger partial charge in [-0.05, 0) is 69.3 Å². The molecule has 0 bridgehead atoms. The number of aliphatic carboxylic acids is 1. The van der Waals surface area contributed by atoms with Gasteiger partial charge in [0.15, 0.2) is 23.4 Å². The minimum atomic E-state index is -4.44. The highest BCUT2D eigenvalue weighted by atomic mass is 19.4. The van der Waals surface area contributed by atoms with Gasteiger partial charge >= 0.3 is 12.1 Å². The Hall–Kier alpha value is -4.34. The molecule has 10 heteroatoms. The van der Waals surface area contributed by atoms with E-state index in [1.807, 2.05) is 30.3 Å². The first kappa shape index (κ1) is 25.7. The van der Waals surface area contributed by atoms with Gasteiger partial charge < -0.3 is 14.6 Å². The Labute approximate surface area is 211 Å². The SMILES string of the molecule is CC(Oc1ccc(OC(C)(C)C(=O)O)cc1)c1nc(-c2ccc(C(F)(F)F)cc2)nn1-c1ccccc1. The summed E-state index contributed by atoms with van der Waals surface area (Å²) in [6.45, 7) is 4.68. The summed E-state index contributed by atoms with van der Waals surface area (Å²) in [7, 11) is 0. The third-order valence-corrected chi connectivity index (χ3v) is 5.49. The van der Waals surface area contributed by atoms with E-state index in [9.17, 15) is 23.1 Å². The number of hydrogen-bond donors (Lipinski definition) is 1. The number of rotatable bonds is 8. The van der Waals surface area contributed by atoms with Crippen molar-refractivity contribution in [3.63, 3.8) is 0 Å². The monoisotopic (exact) mass is 511 g/mol. The Morgan fingerprint density at radius 2 is 1.51 bits per heavy atom. The molecule has 1 unspecified atom stereocenters. The Balaban J connectivity index is 1.61. The van der Waals surface area contributed by atoms with E-state index >= 15 is 0 Å². The number of nitrogens with zero attached hydrogens (tertiary/aromatic N) is 3. The summed E-state index contributed by atoms with van der Waals surface area (Å²) in [4.78, 5) is 15.9. The van der Waals surface area contributed by atoms with Crippen LogP contribution in [0.3, 0.4) is 0 Å². The van der Waals surface area contributed by atoms with Crippen molar-refractivity contribution < 1.29 is 32.5 Å².